The highest BCUT2D eigenvalue weighted by molar-refractivity contribution is 7.13. The highest BCUT2D eigenvalue weighted by atomic mass is 32.1. The number of nitrogens with one attached hydrogen (secondary N) is 2. The summed E-state index contributed by atoms with van der Waals surface area (Å²) in [5.74, 6) is -0.488. The molecule has 2 aromatic carbocycles. The lowest BCUT2D eigenvalue weighted by Crippen LogP contribution is -2.18. The largest absolute Gasteiger partial charge is 0.322 e. The molecule has 0 saturated carbocycles. The first-order chi connectivity index (χ1) is 13.0. The predicted molar refractivity (Wildman–Crippen MR) is 110 cm³/mol. The van der Waals surface area contributed by atoms with Crippen LogP contribution in [-0.4, -0.2) is 18.0 Å². The van der Waals surface area contributed by atoms with Gasteiger partial charge in [0.05, 0.1) is 6.21 Å². The summed E-state index contributed by atoms with van der Waals surface area (Å²) in [6, 6.07) is 18.0. The lowest BCUT2D eigenvalue weighted by molar-refractivity contribution is 0.0954. The minimum atomic E-state index is -0.309. The number of hydrogen-bond acceptors (Lipinski definition) is 4. The zero-order valence-electron chi connectivity index (χ0n) is 15.0. The second-order valence-electron chi connectivity index (χ2n) is 5.99. The van der Waals surface area contributed by atoms with E-state index in [9.17, 15) is 9.59 Å². The van der Waals surface area contributed by atoms with Crippen LogP contribution in [0, 0.1) is 13.8 Å². The molecule has 2 N–H and O–H groups in total. The van der Waals surface area contributed by atoms with Crippen LogP contribution in [0.15, 0.2) is 65.8 Å². The van der Waals surface area contributed by atoms with Crippen LogP contribution in [0.4, 0.5) is 5.69 Å². The maximum absolute atomic E-state index is 12.3. The van der Waals surface area contributed by atoms with Gasteiger partial charge in [-0.05, 0) is 61.9 Å². The molecular formula is C21H19N3O2S. The summed E-state index contributed by atoms with van der Waals surface area (Å²) in [5, 5.41) is 6.80. The first-order valence-electron chi connectivity index (χ1n) is 8.40. The minimum Gasteiger partial charge on any atom is -0.322 e. The van der Waals surface area contributed by atoms with Crippen LogP contribution in [0.25, 0.3) is 0 Å². The molecule has 3 aromatic rings. The van der Waals surface area contributed by atoms with Crippen molar-refractivity contribution in [3.8, 4) is 0 Å². The van der Waals surface area contributed by atoms with Crippen molar-refractivity contribution >= 4 is 35.1 Å². The van der Waals surface area contributed by atoms with E-state index in [1.54, 1.807) is 47.9 Å². The topological polar surface area (TPSA) is 70.6 Å². The predicted octanol–water partition coefficient (Wildman–Crippen LogP) is 4.38. The lowest BCUT2D eigenvalue weighted by Gasteiger charge is -2.08. The molecule has 0 unspecified atom stereocenters. The first-order valence-corrected chi connectivity index (χ1v) is 9.21. The molecule has 1 heterocycles. The van der Waals surface area contributed by atoms with Crippen LogP contribution in [0.1, 0.15) is 36.0 Å². The van der Waals surface area contributed by atoms with Gasteiger partial charge in [-0.1, -0.05) is 18.2 Å². The third-order valence-corrected chi connectivity index (χ3v) is 4.85. The van der Waals surface area contributed by atoms with Crippen molar-refractivity contribution in [1.29, 1.82) is 0 Å². The smallest absolute Gasteiger partial charge is 0.271 e. The van der Waals surface area contributed by atoms with E-state index in [0.717, 1.165) is 10.4 Å². The molecule has 0 aliphatic heterocycles. The maximum Gasteiger partial charge on any atom is 0.271 e. The van der Waals surface area contributed by atoms with Crippen molar-refractivity contribution in [2.75, 3.05) is 5.32 Å². The Hall–Kier alpha value is -3.25. The number of carbonyl (C=O) groups is 2. The Labute approximate surface area is 161 Å². The van der Waals surface area contributed by atoms with Crippen molar-refractivity contribution in [1.82, 2.24) is 5.43 Å². The van der Waals surface area contributed by atoms with Crippen LogP contribution >= 0.6 is 11.3 Å². The molecule has 0 radical (unpaired) electrons. The molecule has 6 heteroatoms. The van der Waals surface area contributed by atoms with Gasteiger partial charge in [0.25, 0.3) is 11.8 Å². The summed E-state index contributed by atoms with van der Waals surface area (Å²) in [6.07, 6.45) is 1.62. The third kappa shape index (κ3) is 4.89. The quantitative estimate of drug-likeness (QED) is 0.512. The van der Waals surface area contributed by atoms with Crippen molar-refractivity contribution in [3.05, 3.63) is 87.1 Å². The fourth-order valence-corrected chi connectivity index (χ4v) is 3.22. The van der Waals surface area contributed by atoms with Crippen LogP contribution in [-0.2, 0) is 0 Å². The number of carbonyl (C=O) groups excluding carboxylic acids is 2. The Morgan fingerprint density at radius 2 is 1.67 bits per heavy atom. The number of nitrogens with zero attached hydrogens (tertiary/aromatic N) is 1. The van der Waals surface area contributed by atoms with Crippen molar-refractivity contribution < 1.29 is 9.59 Å². The molecule has 0 saturated heterocycles. The van der Waals surface area contributed by atoms with Gasteiger partial charge in [-0.15, -0.1) is 11.3 Å². The Morgan fingerprint density at radius 3 is 2.33 bits per heavy atom. The molecule has 0 fully saturated rings. The van der Waals surface area contributed by atoms with E-state index in [2.05, 4.69) is 15.8 Å². The van der Waals surface area contributed by atoms with Crippen molar-refractivity contribution in [2.24, 2.45) is 5.10 Å². The maximum atomic E-state index is 12.3. The second-order valence-corrected chi connectivity index (χ2v) is 7.31. The summed E-state index contributed by atoms with van der Waals surface area (Å²) in [4.78, 5) is 26.6. The molecule has 5 nitrogen and oxygen atoms in total. The highest BCUT2D eigenvalue weighted by Gasteiger charge is 2.09. The average Bonchev–Trinajstić information content (AvgIpc) is 3.07. The number of rotatable bonds is 5. The second kappa shape index (κ2) is 8.42. The van der Waals surface area contributed by atoms with E-state index in [1.807, 2.05) is 44.2 Å². The first kappa shape index (κ1) is 18.5. The molecule has 136 valence electrons. The highest BCUT2D eigenvalue weighted by Crippen LogP contribution is 2.14. The van der Waals surface area contributed by atoms with Crippen LogP contribution in [0.3, 0.4) is 0 Å². The standard InChI is InChI=1S/C21H19N3O2S/c1-14-5-3-4-6-19(14)21(26)23-17-10-8-16(9-11-17)20(25)24-22-13-18-12-7-15(2)27-18/h3-13H,1-2H3,(H,23,26)(H,24,25). The fraction of sp³-hybridized carbons (Fsp3) is 0.0952. The Morgan fingerprint density at radius 1 is 0.926 bits per heavy atom. The van der Waals surface area contributed by atoms with E-state index >= 15 is 0 Å². The molecular weight excluding hydrogens is 358 g/mol. The van der Waals surface area contributed by atoms with Crippen LogP contribution in [0.5, 0.6) is 0 Å². The number of hydrazone groups is 1. The van der Waals surface area contributed by atoms with Gasteiger partial charge >= 0.3 is 0 Å². The number of aryl methyl sites for hydroxylation is 2. The molecule has 0 aliphatic rings. The molecule has 0 aliphatic carbocycles. The van der Waals surface area contributed by atoms with E-state index in [0.29, 0.717) is 16.8 Å². The summed E-state index contributed by atoms with van der Waals surface area (Å²) >= 11 is 1.60. The molecule has 27 heavy (non-hydrogen) atoms. The lowest BCUT2D eigenvalue weighted by atomic mass is 10.1. The van der Waals surface area contributed by atoms with Gasteiger partial charge in [0.15, 0.2) is 0 Å². The van der Waals surface area contributed by atoms with Gasteiger partial charge < -0.3 is 5.32 Å². The average molecular weight is 377 g/mol. The molecule has 3 rings (SSSR count). The van der Waals surface area contributed by atoms with E-state index in [1.165, 1.54) is 4.88 Å². The number of hydrogen-bond donors (Lipinski definition) is 2. The van der Waals surface area contributed by atoms with Gasteiger partial charge in [0, 0.05) is 26.6 Å². The Kier molecular flexibility index (Phi) is 5.78. The Bertz CT molecular complexity index is 991. The number of benzene rings is 2. The summed E-state index contributed by atoms with van der Waals surface area (Å²) in [5.41, 5.74) is 5.11. The number of anilines is 1. The summed E-state index contributed by atoms with van der Waals surface area (Å²) in [7, 11) is 0. The van der Waals surface area contributed by atoms with Gasteiger partial charge in [0.2, 0.25) is 0 Å². The molecule has 0 spiro atoms. The fourth-order valence-electron chi connectivity index (χ4n) is 2.47. The number of thiophene rings is 1. The van der Waals surface area contributed by atoms with E-state index in [4.69, 9.17) is 0 Å². The Balaban J connectivity index is 1.59. The van der Waals surface area contributed by atoms with Gasteiger partial charge in [-0.3, -0.25) is 9.59 Å². The molecule has 0 bridgehead atoms. The molecule has 0 atom stereocenters. The van der Waals surface area contributed by atoms with Crippen molar-refractivity contribution in [2.45, 2.75) is 13.8 Å². The SMILES string of the molecule is Cc1ccc(C=NNC(=O)c2ccc(NC(=O)c3ccccc3C)cc2)s1. The van der Waals surface area contributed by atoms with Gasteiger partial charge in [-0.2, -0.15) is 5.10 Å². The normalized spacial score (nSPS) is 10.7. The monoisotopic (exact) mass is 377 g/mol. The number of amides is 2. The van der Waals surface area contributed by atoms with E-state index in [-0.39, 0.29) is 11.8 Å². The third-order valence-electron chi connectivity index (χ3n) is 3.91. The summed E-state index contributed by atoms with van der Waals surface area (Å²) in [6.45, 7) is 3.90. The molecule has 1 aromatic heterocycles. The van der Waals surface area contributed by atoms with Crippen LogP contribution < -0.4 is 10.7 Å². The molecule has 2 amide bonds. The van der Waals surface area contributed by atoms with Gasteiger partial charge in [0.1, 0.15) is 0 Å². The zero-order chi connectivity index (χ0) is 19.2. The van der Waals surface area contributed by atoms with Crippen molar-refractivity contribution in [3.63, 3.8) is 0 Å². The zero-order valence-corrected chi connectivity index (χ0v) is 15.8. The van der Waals surface area contributed by atoms with Crippen LogP contribution in [0.2, 0.25) is 0 Å². The van der Waals surface area contributed by atoms with Gasteiger partial charge in [-0.25, -0.2) is 5.43 Å². The van der Waals surface area contributed by atoms with E-state index < -0.39 is 0 Å². The minimum absolute atomic E-state index is 0.179. The summed E-state index contributed by atoms with van der Waals surface area (Å²) < 4.78 is 0.